The highest BCUT2D eigenvalue weighted by Crippen LogP contribution is 2.26. The molecule has 0 radical (unpaired) electrons. The summed E-state index contributed by atoms with van der Waals surface area (Å²) in [6.07, 6.45) is 0.200. The van der Waals surface area contributed by atoms with Crippen LogP contribution in [0.1, 0.15) is 27.3 Å². The molecule has 0 amide bonds. The summed E-state index contributed by atoms with van der Waals surface area (Å²) in [5.41, 5.74) is 2.62. The van der Waals surface area contributed by atoms with Crippen LogP contribution in [0.25, 0.3) is 0 Å². The number of Topliss-reactive ketones (excluding diaryl/α,β-unsaturated/α-hetero) is 1. The van der Waals surface area contributed by atoms with Gasteiger partial charge in [-0.25, -0.2) is 0 Å². The summed E-state index contributed by atoms with van der Waals surface area (Å²) in [5.74, 6) is -0.0420. The van der Waals surface area contributed by atoms with Crippen molar-refractivity contribution < 1.29 is 4.79 Å². The van der Waals surface area contributed by atoms with Crippen LogP contribution in [0.4, 0.5) is 0 Å². The van der Waals surface area contributed by atoms with E-state index in [1.807, 2.05) is 0 Å². The SMILES string of the molecule is Cc1cc(C(=O)Cc2cccc(Cl)c2Cl)c(C)nn1. The van der Waals surface area contributed by atoms with Gasteiger partial charge >= 0.3 is 0 Å². The molecule has 0 atom stereocenters. The Kier molecular flexibility index (Phi) is 4.17. The van der Waals surface area contributed by atoms with Crippen molar-refractivity contribution >= 4 is 29.0 Å². The summed E-state index contributed by atoms with van der Waals surface area (Å²) < 4.78 is 0. The maximum absolute atomic E-state index is 12.3. The molecular weight excluding hydrogens is 283 g/mol. The van der Waals surface area contributed by atoms with Crippen molar-refractivity contribution in [3.63, 3.8) is 0 Å². The molecule has 1 heterocycles. The smallest absolute Gasteiger partial charge is 0.169 e. The molecule has 3 nitrogen and oxygen atoms in total. The van der Waals surface area contributed by atoms with Gasteiger partial charge in [-0.2, -0.15) is 10.2 Å². The Balaban J connectivity index is 2.31. The van der Waals surface area contributed by atoms with Crippen molar-refractivity contribution in [2.45, 2.75) is 20.3 Å². The summed E-state index contributed by atoms with van der Waals surface area (Å²) in [6.45, 7) is 3.56. The zero-order valence-corrected chi connectivity index (χ0v) is 12.1. The van der Waals surface area contributed by atoms with E-state index in [9.17, 15) is 4.79 Å². The zero-order valence-electron chi connectivity index (χ0n) is 10.6. The molecule has 1 aromatic carbocycles. The first-order valence-electron chi connectivity index (χ1n) is 5.76. The van der Waals surface area contributed by atoms with Gasteiger partial charge in [0.05, 0.1) is 21.4 Å². The molecule has 5 heteroatoms. The van der Waals surface area contributed by atoms with Gasteiger partial charge in [-0.15, -0.1) is 0 Å². The molecule has 0 fully saturated rings. The van der Waals surface area contributed by atoms with Gasteiger partial charge in [0.15, 0.2) is 5.78 Å². The number of hydrogen-bond donors (Lipinski definition) is 0. The highest BCUT2D eigenvalue weighted by molar-refractivity contribution is 6.42. The first-order chi connectivity index (χ1) is 8.99. The molecule has 1 aromatic heterocycles. The van der Waals surface area contributed by atoms with Crippen molar-refractivity contribution in [3.8, 4) is 0 Å². The van der Waals surface area contributed by atoms with E-state index in [2.05, 4.69) is 10.2 Å². The van der Waals surface area contributed by atoms with Gasteiger partial charge in [-0.3, -0.25) is 4.79 Å². The predicted octanol–water partition coefficient (Wildman–Crippen LogP) is 3.83. The molecular formula is C14H12Cl2N2O. The number of nitrogens with zero attached hydrogens (tertiary/aromatic N) is 2. The quantitative estimate of drug-likeness (QED) is 0.808. The van der Waals surface area contributed by atoms with E-state index in [4.69, 9.17) is 23.2 Å². The van der Waals surface area contributed by atoms with Gasteiger partial charge in [0.2, 0.25) is 0 Å². The maximum atomic E-state index is 12.3. The standard InChI is InChI=1S/C14H12Cl2N2O/c1-8-6-11(9(2)18-17-8)13(19)7-10-4-3-5-12(15)14(10)16/h3-6H,7H2,1-2H3. The monoisotopic (exact) mass is 294 g/mol. The van der Waals surface area contributed by atoms with E-state index in [0.29, 0.717) is 32.6 Å². The average Bonchev–Trinajstić information content (AvgIpc) is 2.38. The van der Waals surface area contributed by atoms with E-state index in [0.717, 1.165) is 0 Å². The van der Waals surface area contributed by atoms with Gasteiger partial charge < -0.3 is 0 Å². The minimum absolute atomic E-state index is 0.0420. The van der Waals surface area contributed by atoms with Gasteiger partial charge in [-0.05, 0) is 31.5 Å². The summed E-state index contributed by atoms with van der Waals surface area (Å²) in [4.78, 5) is 12.3. The van der Waals surface area contributed by atoms with Crippen molar-refractivity contribution in [2.75, 3.05) is 0 Å². The molecule has 0 saturated carbocycles. The summed E-state index contributed by atoms with van der Waals surface area (Å²) in [7, 11) is 0. The lowest BCUT2D eigenvalue weighted by Gasteiger charge is -2.07. The number of rotatable bonds is 3. The lowest BCUT2D eigenvalue weighted by Crippen LogP contribution is -2.09. The Morgan fingerprint density at radius 2 is 1.95 bits per heavy atom. The molecule has 0 N–H and O–H groups in total. The van der Waals surface area contributed by atoms with Crippen LogP contribution in [-0.2, 0) is 6.42 Å². The minimum atomic E-state index is -0.0420. The normalized spacial score (nSPS) is 10.5. The average molecular weight is 295 g/mol. The number of benzene rings is 1. The molecule has 19 heavy (non-hydrogen) atoms. The van der Waals surface area contributed by atoms with E-state index < -0.39 is 0 Å². The minimum Gasteiger partial charge on any atom is -0.294 e. The fourth-order valence-electron chi connectivity index (χ4n) is 1.79. The number of carbonyl (C=O) groups is 1. The molecule has 0 aliphatic heterocycles. The third-order valence-electron chi connectivity index (χ3n) is 2.78. The number of halogens is 2. The second-order valence-corrected chi connectivity index (χ2v) is 5.08. The predicted molar refractivity (Wildman–Crippen MR) is 76.0 cm³/mol. The van der Waals surface area contributed by atoms with Crippen molar-refractivity contribution in [1.82, 2.24) is 10.2 Å². The molecule has 0 aliphatic carbocycles. The van der Waals surface area contributed by atoms with Crippen LogP contribution in [-0.4, -0.2) is 16.0 Å². The van der Waals surface area contributed by atoms with Gasteiger partial charge in [0.1, 0.15) is 0 Å². The van der Waals surface area contributed by atoms with Crippen LogP contribution >= 0.6 is 23.2 Å². The zero-order chi connectivity index (χ0) is 14.0. The Labute approximate surface area is 121 Å². The van der Waals surface area contributed by atoms with E-state index in [1.54, 1.807) is 38.1 Å². The Bertz CT molecular complexity index is 641. The fourth-order valence-corrected chi connectivity index (χ4v) is 2.17. The van der Waals surface area contributed by atoms with Gasteiger partial charge in [0, 0.05) is 12.0 Å². The highest BCUT2D eigenvalue weighted by atomic mass is 35.5. The summed E-state index contributed by atoms with van der Waals surface area (Å²) in [5, 5.41) is 8.74. The number of carbonyl (C=O) groups excluding carboxylic acids is 1. The van der Waals surface area contributed by atoms with Crippen LogP contribution in [0.2, 0.25) is 10.0 Å². The lowest BCUT2D eigenvalue weighted by atomic mass is 10.0. The van der Waals surface area contributed by atoms with Crippen LogP contribution in [0.3, 0.4) is 0 Å². The highest BCUT2D eigenvalue weighted by Gasteiger charge is 2.14. The molecule has 2 rings (SSSR count). The summed E-state index contributed by atoms with van der Waals surface area (Å²) >= 11 is 12.0. The van der Waals surface area contributed by atoms with Crippen LogP contribution in [0.5, 0.6) is 0 Å². The van der Waals surface area contributed by atoms with Crippen LogP contribution < -0.4 is 0 Å². The first kappa shape index (κ1) is 14.0. The topological polar surface area (TPSA) is 42.9 Å². The second kappa shape index (κ2) is 5.68. The third-order valence-corrected chi connectivity index (χ3v) is 3.64. The van der Waals surface area contributed by atoms with E-state index >= 15 is 0 Å². The molecule has 98 valence electrons. The Morgan fingerprint density at radius 1 is 1.21 bits per heavy atom. The maximum Gasteiger partial charge on any atom is 0.169 e. The van der Waals surface area contributed by atoms with Crippen molar-refractivity contribution in [2.24, 2.45) is 0 Å². The van der Waals surface area contributed by atoms with Crippen molar-refractivity contribution in [3.05, 3.63) is 56.8 Å². The van der Waals surface area contributed by atoms with Gasteiger partial charge in [-0.1, -0.05) is 35.3 Å². The number of aryl methyl sites for hydroxylation is 2. The van der Waals surface area contributed by atoms with Crippen molar-refractivity contribution in [1.29, 1.82) is 0 Å². The van der Waals surface area contributed by atoms with E-state index in [-0.39, 0.29) is 12.2 Å². The molecule has 0 unspecified atom stereocenters. The molecule has 2 aromatic rings. The van der Waals surface area contributed by atoms with Crippen LogP contribution in [0.15, 0.2) is 24.3 Å². The van der Waals surface area contributed by atoms with E-state index in [1.165, 1.54) is 0 Å². The molecule has 0 aliphatic rings. The lowest BCUT2D eigenvalue weighted by molar-refractivity contribution is 0.0991. The number of aromatic nitrogens is 2. The Hall–Kier alpha value is -1.45. The second-order valence-electron chi connectivity index (χ2n) is 4.30. The number of ketones is 1. The fraction of sp³-hybridized carbons (Fsp3) is 0.214. The Morgan fingerprint density at radius 3 is 2.68 bits per heavy atom. The first-order valence-corrected chi connectivity index (χ1v) is 6.51. The largest absolute Gasteiger partial charge is 0.294 e. The van der Waals surface area contributed by atoms with Crippen LogP contribution in [0, 0.1) is 13.8 Å². The molecule has 0 spiro atoms. The third kappa shape index (κ3) is 3.11. The number of hydrogen-bond acceptors (Lipinski definition) is 3. The molecule has 0 saturated heterocycles. The van der Waals surface area contributed by atoms with Gasteiger partial charge in [0.25, 0.3) is 0 Å². The summed E-state index contributed by atoms with van der Waals surface area (Å²) in [6, 6.07) is 7.01. The molecule has 0 bridgehead atoms.